The van der Waals surface area contributed by atoms with Crippen LogP contribution in [-0.2, 0) is 9.84 Å². The molecule has 4 nitrogen and oxygen atoms in total. The van der Waals surface area contributed by atoms with Gasteiger partial charge < -0.3 is 5.32 Å². The van der Waals surface area contributed by atoms with Crippen molar-refractivity contribution in [2.75, 3.05) is 25.4 Å². The first-order chi connectivity index (χ1) is 10.6. The lowest BCUT2D eigenvalue weighted by Gasteiger charge is -2.28. The second kappa shape index (κ2) is 6.94. The van der Waals surface area contributed by atoms with Crippen LogP contribution in [0.4, 0.5) is 0 Å². The fourth-order valence-electron chi connectivity index (χ4n) is 3.30. The van der Waals surface area contributed by atoms with Crippen LogP contribution in [0.25, 0.3) is 5.57 Å². The molecule has 0 amide bonds. The minimum absolute atomic E-state index is 0.305. The molecule has 5 heteroatoms. The molecular weight excluding hydrogens is 296 g/mol. The van der Waals surface area contributed by atoms with Crippen LogP contribution in [0.1, 0.15) is 24.8 Å². The molecule has 0 radical (unpaired) electrons. The zero-order valence-corrected chi connectivity index (χ0v) is 13.6. The van der Waals surface area contributed by atoms with Crippen LogP contribution < -0.4 is 10.6 Å². The maximum atomic E-state index is 12.7. The Morgan fingerprint density at radius 2 is 1.82 bits per heavy atom. The first-order valence-electron chi connectivity index (χ1n) is 8.05. The van der Waals surface area contributed by atoms with Gasteiger partial charge in [-0.25, -0.2) is 8.42 Å². The predicted octanol–water partition coefficient (Wildman–Crippen LogP) is 1.80. The predicted molar refractivity (Wildman–Crippen MR) is 90.2 cm³/mol. The van der Waals surface area contributed by atoms with E-state index >= 15 is 0 Å². The van der Waals surface area contributed by atoms with Crippen molar-refractivity contribution in [3.05, 3.63) is 42.0 Å². The van der Waals surface area contributed by atoms with Crippen LogP contribution in [-0.4, -0.2) is 39.2 Å². The number of sulfone groups is 1. The summed E-state index contributed by atoms with van der Waals surface area (Å²) in [4.78, 5) is 0. The van der Waals surface area contributed by atoms with Crippen molar-refractivity contribution in [3.8, 4) is 0 Å². The third-order valence-corrected chi connectivity index (χ3v) is 6.74. The van der Waals surface area contributed by atoms with E-state index in [1.807, 2.05) is 30.3 Å². The number of hydrogen-bond donors (Lipinski definition) is 2. The van der Waals surface area contributed by atoms with Gasteiger partial charge in [-0.05, 0) is 43.0 Å². The lowest BCUT2D eigenvalue weighted by Crippen LogP contribution is -2.43. The second-order valence-corrected chi connectivity index (χ2v) is 8.45. The van der Waals surface area contributed by atoms with Gasteiger partial charge >= 0.3 is 0 Å². The summed E-state index contributed by atoms with van der Waals surface area (Å²) in [5.74, 6) is 0.619. The van der Waals surface area contributed by atoms with Crippen LogP contribution >= 0.6 is 0 Å². The van der Waals surface area contributed by atoms with Crippen molar-refractivity contribution < 1.29 is 8.42 Å². The molecule has 3 rings (SSSR count). The summed E-state index contributed by atoms with van der Waals surface area (Å²) in [6, 6.07) is 10.1. The zero-order chi connectivity index (χ0) is 15.4. The van der Waals surface area contributed by atoms with E-state index in [0.29, 0.717) is 24.6 Å². The smallest absolute Gasteiger partial charge is 0.166 e. The fraction of sp³-hybridized carbons (Fsp3) is 0.529. The van der Waals surface area contributed by atoms with Crippen LogP contribution in [0, 0.1) is 5.92 Å². The average molecular weight is 320 g/mol. The Balaban J connectivity index is 1.68. The third kappa shape index (κ3) is 3.77. The van der Waals surface area contributed by atoms with Crippen molar-refractivity contribution in [1.29, 1.82) is 0 Å². The molecule has 2 aliphatic rings. The van der Waals surface area contributed by atoms with Gasteiger partial charge in [0.05, 0.1) is 5.75 Å². The van der Waals surface area contributed by atoms with Gasteiger partial charge in [0.1, 0.15) is 5.37 Å². The van der Waals surface area contributed by atoms with Crippen LogP contribution in [0.5, 0.6) is 0 Å². The third-order valence-electron chi connectivity index (χ3n) is 4.60. The van der Waals surface area contributed by atoms with Gasteiger partial charge in [-0.2, -0.15) is 0 Å². The molecule has 120 valence electrons. The summed E-state index contributed by atoms with van der Waals surface area (Å²) in [6.45, 7) is 2.50. The van der Waals surface area contributed by atoms with Crippen molar-refractivity contribution in [2.24, 2.45) is 5.92 Å². The first-order valence-corrected chi connectivity index (χ1v) is 9.77. The van der Waals surface area contributed by atoms with Crippen molar-refractivity contribution in [1.82, 2.24) is 10.6 Å². The highest BCUT2D eigenvalue weighted by Crippen LogP contribution is 2.26. The molecule has 0 aromatic heterocycles. The number of piperidine rings is 1. The van der Waals surface area contributed by atoms with Gasteiger partial charge in [-0.3, -0.25) is 5.32 Å². The molecule has 1 aromatic rings. The molecule has 1 saturated heterocycles. The molecule has 1 unspecified atom stereocenters. The molecule has 1 atom stereocenters. The van der Waals surface area contributed by atoms with Crippen molar-refractivity contribution in [3.63, 3.8) is 0 Å². The van der Waals surface area contributed by atoms with Gasteiger partial charge in [0.15, 0.2) is 9.84 Å². The van der Waals surface area contributed by atoms with E-state index in [1.165, 1.54) is 0 Å². The first kappa shape index (κ1) is 15.7. The Hall–Kier alpha value is -1.17. The average Bonchev–Trinajstić information content (AvgIpc) is 2.56. The topological polar surface area (TPSA) is 58.2 Å². The maximum Gasteiger partial charge on any atom is 0.166 e. The standard InChI is InChI=1S/C17H24N2O2S/c20-22(21,13-14-6-9-18-10-7-14)17-12-16(8-11-19-17)15-4-2-1-3-5-15/h1-5,8,14,17-19H,6-7,9-13H2. The molecule has 0 saturated carbocycles. The Bertz CT molecular complexity index is 619. The van der Waals surface area contributed by atoms with Crippen LogP contribution in [0.15, 0.2) is 36.4 Å². The molecule has 0 bridgehead atoms. The minimum Gasteiger partial charge on any atom is -0.317 e. The molecular formula is C17H24N2O2S. The number of nitrogens with one attached hydrogen (secondary N) is 2. The molecule has 0 spiro atoms. The molecule has 22 heavy (non-hydrogen) atoms. The van der Waals surface area contributed by atoms with Gasteiger partial charge in [0.2, 0.25) is 0 Å². The van der Waals surface area contributed by atoms with Crippen molar-refractivity contribution in [2.45, 2.75) is 24.6 Å². The Morgan fingerprint density at radius 1 is 1.09 bits per heavy atom. The fourth-order valence-corrected chi connectivity index (χ4v) is 5.31. The van der Waals surface area contributed by atoms with Gasteiger partial charge in [0.25, 0.3) is 0 Å². The summed E-state index contributed by atoms with van der Waals surface area (Å²) in [5, 5.41) is 6.02. The van der Waals surface area contributed by atoms with Gasteiger partial charge in [0, 0.05) is 13.0 Å². The summed E-state index contributed by atoms with van der Waals surface area (Å²) >= 11 is 0. The number of hydrogen-bond acceptors (Lipinski definition) is 4. The summed E-state index contributed by atoms with van der Waals surface area (Å²) in [5.41, 5.74) is 2.27. The van der Waals surface area contributed by atoms with E-state index in [0.717, 1.165) is 37.1 Å². The lowest BCUT2D eigenvalue weighted by molar-refractivity contribution is 0.399. The van der Waals surface area contributed by atoms with Crippen LogP contribution in [0.3, 0.4) is 0 Å². The van der Waals surface area contributed by atoms with E-state index in [-0.39, 0.29) is 0 Å². The summed E-state index contributed by atoms with van der Waals surface area (Å²) in [6.07, 6.45) is 4.60. The number of rotatable bonds is 4. The van der Waals surface area contributed by atoms with Crippen LogP contribution in [0.2, 0.25) is 0 Å². The SMILES string of the molecule is O=S(=O)(CC1CCNCC1)C1CC(c2ccccc2)=CCN1. The highest BCUT2D eigenvalue weighted by atomic mass is 32.2. The summed E-state index contributed by atoms with van der Waals surface area (Å²) < 4.78 is 25.4. The largest absolute Gasteiger partial charge is 0.317 e. The second-order valence-electron chi connectivity index (χ2n) is 6.22. The Kier molecular flexibility index (Phi) is 4.96. The summed E-state index contributed by atoms with van der Waals surface area (Å²) in [7, 11) is -3.10. The van der Waals surface area contributed by atoms with Gasteiger partial charge in [-0.1, -0.05) is 36.4 Å². The van der Waals surface area contributed by atoms with E-state index < -0.39 is 15.2 Å². The minimum atomic E-state index is -3.10. The molecule has 1 fully saturated rings. The highest BCUT2D eigenvalue weighted by molar-refractivity contribution is 7.92. The molecule has 0 aliphatic carbocycles. The quantitative estimate of drug-likeness (QED) is 0.888. The molecule has 1 aromatic carbocycles. The Morgan fingerprint density at radius 3 is 2.55 bits per heavy atom. The highest BCUT2D eigenvalue weighted by Gasteiger charge is 2.31. The molecule has 2 heterocycles. The van der Waals surface area contributed by atoms with E-state index in [4.69, 9.17) is 0 Å². The normalized spacial score (nSPS) is 24.0. The lowest BCUT2D eigenvalue weighted by atomic mass is 10.0. The van der Waals surface area contributed by atoms with Crippen molar-refractivity contribution >= 4 is 15.4 Å². The Labute approximate surface area is 132 Å². The van der Waals surface area contributed by atoms with E-state index in [2.05, 4.69) is 16.7 Å². The zero-order valence-electron chi connectivity index (χ0n) is 12.8. The van der Waals surface area contributed by atoms with E-state index in [1.54, 1.807) is 0 Å². The molecule has 2 N–H and O–H groups in total. The number of benzene rings is 1. The van der Waals surface area contributed by atoms with E-state index in [9.17, 15) is 8.42 Å². The molecule has 2 aliphatic heterocycles. The monoisotopic (exact) mass is 320 g/mol. The van der Waals surface area contributed by atoms with Gasteiger partial charge in [-0.15, -0.1) is 0 Å². The maximum absolute atomic E-state index is 12.7.